The smallest absolute Gasteiger partial charge is 0.242 e. The summed E-state index contributed by atoms with van der Waals surface area (Å²) in [5.74, 6) is -0.429. The first-order valence-corrected chi connectivity index (χ1v) is 9.54. The van der Waals surface area contributed by atoms with Gasteiger partial charge in [0.2, 0.25) is 23.6 Å². The van der Waals surface area contributed by atoms with Gasteiger partial charge in [-0.15, -0.1) is 11.8 Å². The van der Waals surface area contributed by atoms with Gasteiger partial charge < -0.3 is 20.1 Å². The van der Waals surface area contributed by atoms with Crippen molar-refractivity contribution in [1.82, 2.24) is 15.5 Å². The normalized spacial score (nSPS) is 16.8. The van der Waals surface area contributed by atoms with Crippen LogP contribution in [0, 0.1) is 0 Å². The van der Waals surface area contributed by atoms with E-state index in [2.05, 4.69) is 10.6 Å². The van der Waals surface area contributed by atoms with Gasteiger partial charge in [0.05, 0.1) is 25.1 Å². The molecule has 1 saturated heterocycles. The van der Waals surface area contributed by atoms with Crippen molar-refractivity contribution in [3.05, 3.63) is 0 Å². The van der Waals surface area contributed by atoms with Crippen LogP contribution in [0.1, 0.15) is 19.3 Å². The minimum Gasteiger partial charge on any atom is -0.382 e. The number of carbonyl (C=O) groups is 4. The number of methoxy groups -OCH3 is 1. The third kappa shape index (κ3) is 8.15. The summed E-state index contributed by atoms with van der Waals surface area (Å²) in [6.45, 7) is 1.77. The average molecular weight is 389 g/mol. The molecule has 0 spiro atoms. The molecule has 0 aromatic carbocycles. The van der Waals surface area contributed by atoms with Gasteiger partial charge in [-0.2, -0.15) is 0 Å². The first kappa shape index (κ1) is 22.4. The van der Waals surface area contributed by atoms with Crippen molar-refractivity contribution in [1.29, 1.82) is 0 Å². The minimum absolute atomic E-state index is 0.0607. The minimum atomic E-state index is -0.468. The predicted octanol–water partition coefficient (Wildman–Crippen LogP) is -0.847. The second kappa shape index (κ2) is 12.7. The number of nitrogens with zero attached hydrogens (tertiary/aromatic N) is 1. The van der Waals surface area contributed by atoms with E-state index in [9.17, 15) is 19.2 Å². The van der Waals surface area contributed by atoms with Crippen molar-refractivity contribution in [2.45, 2.75) is 24.5 Å². The lowest BCUT2D eigenvalue weighted by Gasteiger charge is -2.14. The molecule has 4 amide bonds. The molecular formula is C16H27N3O6S. The Morgan fingerprint density at radius 1 is 1.19 bits per heavy atom. The maximum atomic E-state index is 12.3. The van der Waals surface area contributed by atoms with Crippen LogP contribution in [0.25, 0.3) is 0 Å². The molecule has 1 fully saturated rings. The molecule has 0 saturated carbocycles. The largest absolute Gasteiger partial charge is 0.382 e. The molecule has 10 heteroatoms. The fourth-order valence-electron chi connectivity index (χ4n) is 2.25. The molecule has 9 nitrogen and oxygen atoms in total. The first-order valence-electron chi connectivity index (χ1n) is 8.49. The molecule has 1 unspecified atom stereocenters. The van der Waals surface area contributed by atoms with E-state index in [1.165, 1.54) is 11.8 Å². The third-order valence-corrected chi connectivity index (χ3v) is 4.90. The summed E-state index contributed by atoms with van der Waals surface area (Å²) in [7, 11) is 3.13. The fourth-order valence-corrected chi connectivity index (χ4v) is 3.36. The SMILES string of the molecule is CNC(=O)CCSC1CC(=O)N(CCC(=O)NCCOCCOC)C1=O. The molecule has 0 aliphatic carbocycles. The van der Waals surface area contributed by atoms with Crippen LogP contribution in [0.2, 0.25) is 0 Å². The van der Waals surface area contributed by atoms with Gasteiger partial charge in [-0.05, 0) is 0 Å². The second-order valence-electron chi connectivity index (χ2n) is 5.58. The number of hydrogen-bond donors (Lipinski definition) is 2. The molecule has 1 rings (SSSR count). The zero-order valence-electron chi connectivity index (χ0n) is 15.2. The Morgan fingerprint density at radius 3 is 2.65 bits per heavy atom. The Balaban J connectivity index is 2.23. The molecule has 0 bridgehead atoms. The molecule has 2 N–H and O–H groups in total. The highest BCUT2D eigenvalue weighted by Crippen LogP contribution is 2.25. The lowest BCUT2D eigenvalue weighted by Crippen LogP contribution is -2.36. The highest BCUT2D eigenvalue weighted by molar-refractivity contribution is 8.00. The van der Waals surface area contributed by atoms with Gasteiger partial charge in [0.25, 0.3) is 0 Å². The summed E-state index contributed by atoms with van der Waals surface area (Å²) in [5.41, 5.74) is 0. The molecule has 0 radical (unpaired) electrons. The summed E-state index contributed by atoms with van der Waals surface area (Å²) in [6.07, 6.45) is 0.478. The van der Waals surface area contributed by atoms with Crippen molar-refractivity contribution in [3.63, 3.8) is 0 Å². The van der Waals surface area contributed by atoms with Gasteiger partial charge in [-0.25, -0.2) is 0 Å². The monoisotopic (exact) mass is 389 g/mol. The topological polar surface area (TPSA) is 114 Å². The van der Waals surface area contributed by atoms with E-state index in [4.69, 9.17) is 9.47 Å². The van der Waals surface area contributed by atoms with Crippen LogP contribution in [0.4, 0.5) is 0 Å². The van der Waals surface area contributed by atoms with Crippen molar-refractivity contribution < 1.29 is 28.7 Å². The molecule has 1 atom stereocenters. The van der Waals surface area contributed by atoms with Gasteiger partial charge >= 0.3 is 0 Å². The standard InChI is InChI=1S/C16H27N3O6S/c1-17-13(20)4-10-26-12-11-15(22)19(16(12)23)6-3-14(21)18-5-7-25-9-8-24-2/h12H,3-11H2,1-2H3,(H,17,20)(H,18,21). The number of imide groups is 1. The van der Waals surface area contributed by atoms with Crippen LogP contribution in [0.3, 0.4) is 0 Å². The zero-order valence-corrected chi connectivity index (χ0v) is 16.1. The van der Waals surface area contributed by atoms with Crippen molar-refractivity contribution in [2.75, 3.05) is 52.8 Å². The number of carbonyl (C=O) groups excluding carboxylic acids is 4. The number of ether oxygens (including phenoxy) is 2. The van der Waals surface area contributed by atoms with Crippen molar-refractivity contribution in [2.24, 2.45) is 0 Å². The van der Waals surface area contributed by atoms with Crippen LogP contribution in [-0.4, -0.2) is 86.6 Å². The highest BCUT2D eigenvalue weighted by Gasteiger charge is 2.38. The molecule has 26 heavy (non-hydrogen) atoms. The molecule has 0 aromatic heterocycles. The van der Waals surface area contributed by atoms with E-state index >= 15 is 0 Å². The van der Waals surface area contributed by atoms with E-state index in [1.54, 1.807) is 14.2 Å². The molecule has 148 valence electrons. The number of rotatable bonds is 13. The number of nitrogens with one attached hydrogen (secondary N) is 2. The Morgan fingerprint density at radius 2 is 1.96 bits per heavy atom. The average Bonchev–Trinajstić information content (AvgIpc) is 2.89. The summed E-state index contributed by atoms with van der Waals surface area (Å²) >= 11 is 1.30. The van der Waals surface area contributed by atoms with E-state index in [0.29, 0.717) is 38.5 Å². The van der Waals surface area contributed by atoms with E-state index in [-0.39, 0.29) is 43.0 Å². The summed E-state index contributed by atoms with van der Waals surface area (Å²) in [5, 5.41) is 4.71. The third-order valence-electron chi connectivity index (χ3n) is 3.69. The number of thioether (sulfide) groups is 1. The molecule has 0 aromatic rings. The van der Waals surface area contributed by atoms with Crippen LogP contribution >= 0.6 is 11.8 Å². The molecule has 1 aliphatic rings. The number of hydrogen-bond acceptors (Lipinski definition) is 7. The number of likely N-dealkylation sites (tertiary alicyclic amines) is 1. The van der Waals surface area contributed by atoms with E-state index in [1.807, 2.05) is 0 Å². The van der Waals surface area contributed by atoms with Crippen LogP contribution in [-0.2, 0) is 28.7 Å². The maximum absolute atomic E-state index is 12.3. The Kier molecular flexibility index (Phi) is 10.9. The quantitative estimate of drug-likeness (QED) is 0.312. The predicted molar refractivity (Wildman–Crippen MR) is 96.6 cm³/mol. The molecule has 1 aliphatic heterocycles. The van der Waals surface area contributed by atoms with Gasteiger partial charge in [0.1, 0.15) is 0 Å². The summed E-state index contributed by atoms with van der Waals surface area (Å²) < 4.78 is 10.1. The Labute approximate surface area is 157 Å². The zero-order chi connectivity index (χ0) is 19.4. The highest BCUT2D eigenvalue weighted by atomic mass is 32.2. The van der Waals surface area contributed by atoms with E-state index in [0.717, 1.165) is 4.90 Å². The molecular weight excluding hydrogens is 362 g/mol. The first-order chi connectivity index (χ1) is 12.5. The second-order valence-corrected chi connectivity index (χ2v) is 6.89. The van der Waals surface area contributed by atoms with Crippen LogP contribution in [0.5, 0.6) is 0 Å². The lowest BCUT2D eigenvalue weighted by atomic mass is 10.3. The van der Waals surface area contributed by atoms with Gasteiger partial charge in [0.15, 0.2) is 0 Å². The lowest BCUT2D eigenvalue weighted by molar-refractivity contribution is -0.138. The fraction of sp³-hybridized carbons (Fsp3) is 0.750. The summed E-state index contributed by atoms with van der Waals surface area (Å²) in [4.78, 5) is 48.3. The maximum Gasteiger partial charge on any atom is 0.242 e. The van der Waals surface area contributed by atoms with Crippen LogP contribution < -0.4 is 10.6 Å². The molecule has 1 heterocycles. The summed E-state index contributed by atoms with van der Waals surface area (Å²) in [6, 6.07) is 0. The van der Waals surface area contributed by atoms with E-state index < -0.39 is 5.25 Å². The Bertz CT molecular complexity index is 502. The van der Waals surface area contributed by atoms with Gasteiger partial charge in [-0.1, -0.05) is 0 Å². The number of amides is 4. The van der Waals surface area contributed by atoms with Crippen molar-refractivity contribution in [3.8, 4) is 0 Å². The van der Waals surface area contributed by atoms with Crippen LogP contribution in [0.15, 0.2) is 0 Å². The van der Waals surface area contributed by atoms with Gasteiger partial charge in [0, 0.05) is 52.3 Å². The Hall–Kier alpha value is -1.65. The van der Waals surface area contributed by atoms with Crippen molar-refractivity contribution >= 4 is 35.4 Å². The van der Waals surface area contributed by atoms with Gasteiger partial charge in [-0.3, -0.25) is 24.1 Å².